The van der Waals surface area contributed by atoms with E-state index in [1.54, 1.807) is 11.3 Å². The fourth-order valence-electron chi connectivity index (χ4n) is 1.78. The molecule has 0 unspecified atom stereocenters. The molecule has 1 fully saturated rings. The van der Waals surface area contributed by atoms with Gasteiger partial charge in [0.05, 0.1) is 6.61 Å². The van der Waals surface area contributed by atoms with Gasteiger partial charge in [-0.15, -0.1) is 21.5 Å². The Morgan fingerprint density at radius 1 is 1.50 bits per heavy atom. The number of nitrogens with one attached hydrogen (secondary N) is 1. The largest absolute Gasteiger partial charge is 0.465 e. The van der Waals surface area contributed by atoms with Crippen molar-refractivity contribution in [3.63, 3.8) is 0 Å². The van der Waals surface area contributed by atoms with Crippen molar-refractivity contribution < 1.29 is 9.53 Å². The lowest BCUT2D eigenvalue weighted by Crippen LogP contribution is -2.08. The van der Waals surface area contributed by atoms with Gasteiger partial charge in [-0.25, -0.2) is 0 Å². The molecule has 2 aromatic rings. The van der Waals surface area contributed by atoms with Crippen LogP contribution in [-0.4, -0.2) is 34.6 Å². The van der Waals surface area contributed by atoms with Gasteiger partial charge in [-0.05, 0) is 17.9 Å². The van der Waals surface area contributed by atoms with E-state index in [0.717, 1.165) is 28.9 Å². The van der Waals surface area contributed by atoms with E-state index in [9.17, 15) is 4.79 Å². The van der Waals surface area contributed by atoms with Crippen LogP contribution in [0.5, 0.6) is 0 Å². The van der Waals surface area contributed by atoms with Crippen LogP contribution in [0.3, 0.4) is 0 Å². The zero-order valence-electron chi connectivity index (χ0n) is 10.6. The minimum Gasteiger partial charge on any atom is -0.465 e. The summed E-state index contributed by atoms with van der Waals surface area (Å²) in [6, 6.07) is 4.18. The molecule has 3 heterocycles. The summed E-state index contributed by atoms with van der Waals surface area (Å²) >= 11 is 4.68. The van der Waals surface area contributed by atoms with E-state index < -0.39 is 0 Å². The lowest BCUT2D eigenvalue weighted by Gasteiger charge is -2.00. The summed E-state index contributed by atoms with van der Waals surface area (Å²) in [7, 11) is 0. The number of nitrogens with zero attached hydrogens (tertiary/aromatic N) is 2. The standard InChI is InChI=1S/C12H13N3O2S3/c16-10-9(4-6-17-10)19-12-15-14-11(20-12)13-5-3-8-2-1-7-18-8/h1-2,7,9H,3-6H2,(H,13,14)/t9-/m0/s1. The smallest absolute Gasteiger partial charge is 0.319 e. The molecule has 0 saturated carbocycles. The lowest BCUT2D eigenvalue weighted by atomic mass is 10.3. The van der Waals surface area contributed by atoms with Crippen molar-refractivity contribution in [2.75, 3.05) is 18.5 Å². The molecule has 2 aromatic heterocycles. The van der Waals surface area contributed by atoms with Crippen molar-refractivity contribution >= 4 is 45.5 Å². The number of esters is 1. The molecule has 0 bridgehead atoms. The number of aromatic nitrogens is 2. The second-order valence-corrected chi connectivity index (χ2v) is 7.65. The van der Waals surface area contributed by atoms with Gasteiger partial charge < -0.3 is 10.1 Å². The van der Waals surface area contributed by atoms with Crippen LogP contribution in [-0.2, 0) is 16.0 Å². The number of ether oxygens (including phenoxy) is 1. The zero-order chi connectivity index (χ0) is 13.8. The average molecular weight is 327 g/mol. The average Bonchev–Trinajstić information content (AvgIpc) is 3.15. The normalized spacial score (nSPS) is 18.2. The van der Waals surface area contributed by atoms with E-state index >= 15 is 0 Å². The van der Waals surface area contributed by atoms with Crippen LogP contribution in [0.15, 0.2) is 21.9 Å². The first-order valence-corrected chi connectivity index (χ1v) is 8.82. The number of thiophene rings is 1. The number of cyclic esters (lactones) is 1. The van der Waals surface area contributed by atoms with E-state index in [2.05, 4.69) is 33.0 Å². The van der Waals surface area contributed by atoms with Gasteiger partial charge in [0.2, 0.25) is 5.13 Å². The Morgan fingerprint density at radius 3 is 3.20 bits per heavy atom. The van der Waals surface area contributed by atoms with Gasteiger partial charge in [0.15, 0.2) is 4.34 Å². The van der Waals surface area contributed by atoms with Gasteiger partial charge in [-0.1, -0.05) is 29.2 Å². The molecule has 1 aliphatic rings. The number of carbonyl (C=O) groups is 1. The SMILES string of the molecule is O=C1OCC[C@@H]1Sc1nnc(NCCc2cccs2)s1. The fraction of sp³-hybridized carbons (Fsp3) is 0.417. The summed E-state index contributed by atoms with van der Waals surface area (Å²) in [4.78, 5) is 12.7. The van der Waals surface area contributed by atoms with Gasteiger partial charge in [0.25, 0.3) is 0 Å². The first kappa shape index (κ1) is 13.8. The summed E-state index contributed by atoms with van der Waals surface area (Å²) in [5, 5.41) is 14.2. The molecule has 1 aliphatic heterocycles. The quantitative estimate of drug-likeness (QED) is 0.823. The highest BCUT2D eigenvalue weighted by atomic mass is 32.2. The van der Waals surface area contributed by atoms with E-state index in [1.165, 1.54) is 28.0 Å². The third-order valence-corrected chi connectivity index (χ3v) is 5.91. The van der Waals surface area contributed by atoms with Crippen LogP contribution >= 0.6 is 34.4 Å². The fourth-order valence-corrected chi connectivity index (χ4v) is 4.48. The van der Waals surface area contributed by atoms with Crippen molar-refractivity contribution in [1.82, 2.24) is 10.2 Å². The Bertz CT molecular complexity index is 570. The van der Waals surface area contributed by atoms with E-state index in [0.29, 0.717) is 6.61 Å². The van der Waals surface area contributed by atoms with Crippen molar-refractivity contribution in [3.05, 3.63) is 22.4 Å². The predicted molar refractivity (Wildman–Crippen MR) is 81.6 cm³/mol. The number of hydrogen-bond donors (Lipinski definition) is 1. The van der Waals surface area contributed by atoms with E-state index in [1.807, 2.05) is 0 Å². The number of thioether (sulfide) groups is 1. The minimum absolute atomic E-state index is 0.123. The minimum atomic E-state index is -0.141. The maximum absolute atomic E-state index is 11.4. The highest BCUT2D eigenvalue weighted by Gasteiger charge is 2.28. The molecular weight excluding hydrogens is 314 g/mol. The first-order chi connectivity index (χ1) is 9.81. The molecule has 0 radical (unpaired) electrons. The molecule has 3 rings (SSSR count). The number of rotatable bonds is 6. The Kier molecular flexibility index (Phi) is 4.54. The van der Waals surface area contributed by atoms with Crippen LogP contribution < -0.4 is 5.32 Å². The van der Waals surface area contributed by atoms with Gasteiger partial charge in [0, 0.05) is 17.8 Å². The van der Waals surface area contributed by atoms with E-state index in [-0.39, 0.29) is 11.2 Å². The molecule has 106 valence electrons. The predicted octanol–water partition coefficient (Wildman–Crippen LogP) is 2.66. The Balaban J connectivity index is 1.48. The Labute approximate surface area is 128 Å². The van der Waals surface area contributed by atoms with Gasteiger partial charge in [0.1, 0.15) is 5.25 Å². The van der Waals surface area contributed by atoms with Crippen LogP contribution in [0, 0.1) is 0 Å². The molecular formula is C12H13N3O2S3. The van der Waals surface area contributed by atoms with Crippen LogP contribution in [0.25, 0.3) is 0 Å². The van der Waals surface area contributed by atoms with Crippen molar-refractivity contribution in [2.24, 2.45) is 0 Å². The number of hydrogen-bond acceptors (Lipinski definition) is 8. The third kappa shape index (κ3) is 3.50. The highest BCUT2D eigenvalue weighted by Crippen LogP contribution is 2.32. The molecule has 0 spiro atoms. The van der Waals surface area contributed by atoms with Crippen LogP contribution in [0.1, 0.15) is 11.3 Å². The summed E-state index contributed by atoms with van der Waals surface area (Å²) < 4.78 is 5.75. The Morgan fingerprint density at radius 2 is 2.45 bits per heavy atom. The number of anilines is 1. The molecule has 8 heteroatoms. The molecule has 0 aromatic carbocycles. The maximum Gasteiger partial charge on any atom is 0.319 e. The molecule has 1 saturated heterocycles. The maximum atomic E-state index is 11.4. The molecule has 1 N–H and O–H groups in total. The summed E-state index contributed by atoms with van der Waals surface area (Å²) in [6.45, 7) is 1.35. The van der Waals surface area contributed by atoms with Crippen LogP contribution in [0.4, 0.5) is 5.13 Å². The second kappa shape index (κ2) is 6.55. The molecule has 20 heavy (non-hydrogen) atoms. The van der Waals surface area contributed by atoms with Crippen molar-refractivity contribution in [3.8, 4) is 0 Å². The molecule has 0 amide bonds. The summed E-state index contributed by atoms with van der Waals surface area (Å²) in [5.74, 6) is -0.141. The topological polar surface area (TPSA) is 64.1 Å². The molecule has 5 nitrogen and oxygen atoms in total. The van der Waals surface area contributed by atoms with Crippen LogP contribution in [0.2, 0.25) is 0 Å². The summed E-state index contributed by atoms with van der Waals surface area (Å²) in [5.41, 5.74) is 0. The lowest BCUT2D eigenvalue weighted by molar-refractivity contribution is -0.137. The zero-order valence-corrected chi connectivity index (χ0v) is 13.0. The first-order valence-electron chi connectivity index (χ1n) is 6.24. The molecule has 1 atom stereocenters. The van der Waals surface area contributed by atoms with Crippen molar-refractivity contribution in [2.45, 2.75) is 22.4 Å². The monoisotopic (exact) mass is 327 g/mol. The molecule has 0 aliphatic carbocycles. The Hall–Kier alpha value is -1.12. The van der Waals surface area contributed by atoms with Crippen molar-refractivity contribution in [1.29, 1.82) is 0 Å². The van der Waals surface area contributed by atoms with Gasteiger partial charge in [-0.3, -0.25) is 4.79 Å². The van der Waals surface area contributed by atoms with Gasteiger partial charge >= 0.3 is 5.97 Å². The van der Waals surface area contributed by atoms with E-state index in [4.69, 9.17) is 4.74 Å². The number of carbonyl (C=O) groups excluding carboxylic acids is 1. The highest BCUT2D eigenvalue weighted by molar-refractivity contribution is 8.02. The second-order valence-electron chi connectivity index (χ2n) is 4.19. The third-order valence-electron chi connectivity index (χ3n) is 2.76. The van der Waals surface area contributed by atoms with Gasteiger partial charge in [-0.2, -0.15) is 0 Å². The summed E-state index contributed by atoms with van der Waals surface area (Å²) in [6.07, 6.45) is 1.74.